The number of nitrogens with one attached hydrogen (secondary N) is 1. The summed E-state index contributed by atoms with van der Waals surface area (Å²) < 4.78 is 18.8. The maximum atomic E-state index is 13.6. The summed E-state index contributed by atoms with van der Waals surface area (Å²) in [6, 6.07) is 4.96. The van der Waals surface area contributed by atoms with E-state index in [1.807, 2.05) is 6.92 Å². The molecular formula is C21H23FN2O2. The highest BCUT2D eigenvalue weighted by Gasteiger charge is 2.38. The maximum Gasteiger partial charge on any atom is 0.339 e. The lowest BCUT2D eigenvalue weighted by Crippen LogP contribution is -2.26. The van der Waals surface area contributed by atoms with Gasteiger partial charge in [-0.2, -0.15) is 0 Å². The molecule has 2 bridgehead atoms. The van der Waals surface area contributed by atoms with Crippen LogP contribution >= 0.6 is 0 Å². The lowest BCUT2D eigenvalue weighted by molar-refractivity contribution is 0.0522. The first-order chi connectivity index (χ1) is 12.6. The number of nitrogens with zero attached hydrogens (tertiary/aromatic N) is 1. The van der Waals surface area contributed by atoms with E-state index in [0.717, 1.165) is 48.3 Å². The molecule has 1 aromatic heterocycles. The highest BCUT2D eigenvalue weighted by atomic mass is 19.1. The monoisotopic (exact) mass is 354 g/mol. The molecule has 5 heteroatoms. The fraction of sp³-hybridized carbons (Fsp3) is 0.429. The number of hydrogen-bond acceptors (Lipinski definition) is 4. The molecule has 3 aliphatic rings. The van der Waals surface area contributed by atoms with E-state index in [4.69, 9.17) is 4.74 Å². The Morgan fingerprint density at radius 2 is 1.92 bits per heavy atom. The lowest BCUT2D eigenvalue weighted by Gasteiger charge is -2.40. The molecule has 0 atom stereocenters. The Balaban J connectivity index is 1.78. The number of ether oxygens (including phenoxy) is 1. The Hall–Kier alpha value is -2.43. The molecule has 0 aliphatic heterocycles. The van der Waals surface area contributed by atoms with Crippen LogP contribution in [0, 0.1) is 12.7 Å². The Morgan fingerprint density at radius 3 is 2.58 bits per heavy atom. The predicted octanol–water partition coefficient (Wildman–Crippen LogP) is 5.20. The molecule has 3 aliphatic carbocycles. The number of aromatic nitrogens is 1. The molecule has 1 fully saturated rings. The van der Waals surface area contributed by atoms with Gasteiger partial charge in [0.1, 0.15) is 11.6 Å². The van der Waals surface area contributed by atoms with Crippen molar-refractivity contribution in [3.8, 4) is 0 Å². The van der Waals surface area contributed by atoms with E-state index in [1.165, 1.54) is 6.07 Å². The summed E-state index contributed by atoms with van der Waals surface area (Å²) >= 11 is 0. The lowest BCUT2D eigenvalue weighted by atomic mass is 9.66. The average molecular weight is 354 g/mol. The Bertz CT molecular complexity index is 857. The van der Waals surface area contributed by atoms with Gasteiger partial charge < -0.3 is 10.1 Å². The van der Waals surface area contributed by atoms with Gasteiger partial charge in [0.2, 0.25) is 0 Å². The van der Waals surface area contributed by atoms with Crippen LogP contribution in [0.25, 0.3) is 0 Å². The van der Waals surface area contributed by atoms with Gasteiger partial charge in [-0.3, -0.25) is 0 Å². The summed E-state index contributed by atoms with van der Waals surface area (Å²) in [4.78, 5) is 17.0. The van der Waals surface area contributed by atoms with E-state index in [0.29, 0.717) is 29.6 Å². The van der Waals surface area contributed by atoms with Crippen LogP contribution in [0.3, 0.4) is 0 Å². The van der Waals surface area contributed by atoms with Crippen LogP contribution in [0.4, 0.5) is 15.9 Å². The van der Waals surface area contributed by atoms with Gasteiger partial charge in [-0.25, -0.2) is 14.2 Å². The van der Waals surface area contributed by atoms with Gasteiger partial charge >= 0.3 is 5.97 Å². The molecule has 0 unspecified atom stereocenters. The third-order valence-corrected chi connectivity index (χ3v) is 5.62. The average Bonchev–Trinajstić information content (AvgIpc) is 2.66. The SMILES string of the molecule is CCOC(=O)c1cnc(Nc2ccc(F)c(C)c2)c2c1C1CCC2CC1. The first-order valence-electron chi connectivity index (χ1n) is 9.31. The van der Waals surface area contributed by atoms with Crippen molar-refractivity contribution < 1.29 is 13.9 Å². The number of carbonyl (C=O) groups is 1. The van der Waals surface area contributed by atoms with Crippen molar-refractivity contribution in [3.05, 3.63) is 52.5 Å². The van der Waals surface area contributed by atoms with Gasteiger partial charge in [0.15, 0.2) is 0 Å². The molecule has 26 heavy (non-hydrogen) atoms. The predicted molar refractivity (Wildman–Crippen MR) is 98.6 cm³/mol. The smallest absolute Gasteiger partial charge is 0.339 e. The van der Waals surface area contributed by atoms with Crippen molar-refractivity contribution in [2.45, 2.75) is 51.4 Å². The van der Waals surface area contributed by atoms with Gasteiger partial charge in [-0.15, -0.1) is 0 Å². The quantitative estimate of drug-likeness (QED) is 0.766. The molecule has 0 radical (unpaired) electrons. The van der Waals surface area contributed by atoms with Crippen LogP contribution in [0.2, 0.25) is 0 Å². The Kier molecular flexibility index (Phi) is 4.39. The molecule has 1 saturated carbocycles. The second kappa shape index (κ2) is 6.71. The highest BCUT2D eigenvalue weighted by Crippen LogP contribution is 2.52. The highest BCUT2D eigenvalue weighted by molar-refractivity contribution is 5.92. The van der Waals surface area contributed by atoms with E-state index < -0.39 is 0 Å². The van der Waals surface area contributed by atoms with Crippen LogP contribution in [0.15, 0.2) is 24.4 Å². The van der Waals surface area contributed by atoms with Crippen molar-refractivity contribution in [2.75, 3.05) is 11.9 Å². The minimum Gasteiger partial charge on any atom is -0.462 e. The van der Waals surface area contributed by atoms with Crippen LogP contribution in [-0.2, 0) is 4.74 Å². The number of benzene rings is 1. The summed E-state index contributed by atoms with van der Waals surface area (Å²) in [6.45, 7) is 3.92. The minimum atomic E-state index is -0.284. The molecule has 0 spiro atoms. The van der Waals surface area contributed by atoms with Crippen LogP contribution in [-0.4, -0.2) is 17.6 Å². The van der Waals surface area contributed by atoms with Gasteiger partial charge in [0.25, 0.3) is 0 Å². The molecule has 1 aromatic carbocycles. The maximum absolute atomic E-state index is 13.6. The molecule has 1 heterocycles. The van der Waals surface area contributed by atoms with Gasteiger partial charge in [0.05, 0.1) is 12.2 Å². The van der Waals surface area contributed by atoms with Crippen molar-refractivity contribution in [1.82, 2.24) is 4.98 Å². The minimum absolute atomic E-state index is 0.220. The summed E-state index contributed by atoms with van der Waals surface area (Å²) in [5, 5.41) is 3.35. The third kappa shape index (κ3) is 2.85. The number of rotatable bonds is 4. The fourth-order valence-corrected chi connectivity index (χ4v) is 4.39. The van der Waals surface area contributed by atoms with E-state index in [-0.39, 0.29) is 11.8 Å². The topological polar surface area (TPSA) is 51.2 Å². The summed E-state index contributed by atoms with van der Waals surface area (Å²) in [7, 11) is 0. The van der Waals surface area contributed by atoms with Crippen molar-refractivity contribution >= 4 is 17.5 Å². The van der Waals surface area contributed by atoms with E-state index in [9.17, 15) is 9.18 Å². The second-order valence-electron chi connectivity index (χ2n) is 7.21. The largest absolute Gasteiger partial charge is 0.462 e. The third-order valence-electron chi connectivity index (χ3n) is 5.62. The fourth-order valence-electron chi connectivity index (χ4n) is 4.39. The molecular weight excluding hydrogens is 331 g/mol. The van der Waals surface area contributed by atoms with Crippen LogP contribution < -0.4 is 5.32 Å². The number of esters is 1. The zero-order chi connectivity index (χ0) is 18.3. The van der Waals surface area contributed by atoms with Crippen molar-refractivity contribution in [2.24, 2.45) is 0 Å². The zero-order valence-corrected chi connectivity index (χ0v) is 15.1. The Labute approximate surface area is 152 Å². The van der Waals surface area contributed by atoms with Crippen molar-refractivity contribution in [1.29, 1.82) is 0 Å². The number of anilines is 2. The van der Waals surface area contributed by atoms with Gasteiger partial charge in [-0.1, -0.05) is 0 Å². The molecule has 5 rings (SSSR count). The van der Waals surface area contributed by atoms with Gasteiger partial charge in [-0.05, 0) is 80.7 Å². The Morgan fingerprint density at radius 1 is 1.23 bits per heavy atom. The zero-order valence-electron chi connectivity index (χ0n) is 15.1. The number of aryl methyl sites for hydroxylation is 1. The first-order valence-corrected chi connectivity index (χ1v) is 9.31. The van der Waals surface area contributed by atoms with Crippen LogP contribution in [0.5, 0.6) is 0 Å². The molecule has 0 saturated heterocycles. The van der Waals surface area contributed by atoms with Gasteiger partial charge in [0, 0.05) is 17.4 Å². The molecule has 1 N–H and O–H groups in total. The molecule has 136 valence electrons. The summed E-state index contributed by atoms with van der Waals surface area (Å²) in [5.41, 5.74) is 4.27. The summed E-state index contributed by atoms with van der Waals surface area (Å²) in [6.07, 6.45) is 6.12. The number of halogens is 1. The standard InChI is InChI=1S/C21H23FN2O2/c1-3-26-21(25)16-11-23-20(24-15-8-9-17(22)12(2)10-15)19-14-6-4-13(5-7-14)18(16)19/h8-11,13-14H,3-7H2,1-2H3,(H,23,24). The number of fused-ring (bicyclic) bond motifs is 2. The number of pyridine rings is 1. The molecule has 0 amide bonds. The molecule has 2 aromatic rings. The van der Waals surface area contributed by atoms with E-state index >= 15 is 0 Å². The van der Waals surface area contributed by atoms with Crippen molar-refractivity contribution in [3.63, 3.8) is 0 Å². The number of hydrogen-bond donors (Lipinski definition) is 1. The van der Waals surface area contributed by atoms with E-state index in [1.54, 1.807) is 25.3 Å². The second-order valence-corrected chi connectivity index (χ2v) is 7.21. The summed E-state index contributed by atoms with van der Waals surface area (Å²) in [5.74, 6) is 1.09. The van der Waals surface area contributed by atoms with E-state index in [2.05, 4.69) is 10.3 Å². The first kappa shape index (κ1) is 17.0. The molecule has 4 nitrogen and oxygen atoms in total. The normalized spacial score (nSPS) is 20.6. The number of carbonyl (C=O) groups excluding carboxylic acids is 1. The van der Waals surface area contributed by atoms with Crippen LogP contribution in [0.1, 0.15) is 71.5 Å².